The third-order valence-electron chi connectivity index (χ3n) is 3.74. The number of halogens is 2. The lowest BCUT2D eigenvalue weighted by molar-refractivity contribution is -0.129. The van der Waals surface area contributed by atoms with Crippen molar-refractivity contribution in [2.45, 2.75) is 0 Å². The fourth-order valence-electron chi connectivity index (χ4n) is 2.51. The summed E-state index contributed by atoms with van der Waals surface area (Å²) in [6, 6.07) is 17.8. The largest absolute Gasteiger partial charge is 0.457 e. The Morgan fingerprint density at radius 2 is 1.77 bits per heavy atom. The predicted molar refractivity (Wildman–Crippen MR) is 101 cm³/mol. The zero-order chi connectivity index (χ0) is 18.1. The maximum atomic E-state index is 12.1. The average molecular weight is 384 g/mol. The van der Waals surface area contributed by atoms with Crippen LogP contribution in [0.25, 0.3) is 17.4 Å². The Kier molecular flexibility index (Phi) is 4.37. The van der Waals surface area contributed by atoms with E-state index < -0.39 is 5.97 Å². The summed E-state index contributed by atoms with van der Waals surface area (Å²) in [5.41, 5.74) is 1.57. The molecule has 4 nitrogen and oxygen atoms in total. The third kappa shape index (κ3) is 3.29. The summed E-state index contributed by atoms with van der Waals surface area (Å²) in [5.74, 6) is 0.748. The number of esters is 1. The van der Waals surface area contributed by atoms with Gasteiger partial charge in [-0.25, -0.2) is 9.79 Å². The summed E-state index contributed by atoms with van der Waals surface area (Å²) in [7, 11) is 0. The second-order valence-corrected chi connectivity index (χ2v) is 6.37. The van der Waals surface area contributed by atoms with E-state index in [1.807, 2.05) is 30.3 Å². The summed E-state index contributed by atoms with van der Waals surface area (Å²) in [6.07, 6.45) is 1.53. The van der Waals surface area contributed by atoms with Crippen molar-refractivity contribution >= 4 is 41.1 Å². The molecule has 0 radical (unpaired) electrons. The van der Waals surface area contributed by atoms with E-state index in [1.54, 1.807) is 30.3 Å². The lowest BCUT2D eigenvalue weighted by Crippen LogP contribution is -2.04. The number of nitrogens with zero attached hydrogens (tertiary/aromatic N) is 1. The van der Waals surface area contributed by atoms with Gasteiger partial charge in [0.1, 0.15) is 11.5 Å². The highest BCUT2D eigenvalue weighted by molar-refractivity contribution is 6.35. The molecule has 1 aliphatic rings. The van der Waals surface area contributed by atoms with Gasteiger partial charge in [0.2, 0.25) is 5.90 Å². The Balaban J connectivity index is 1.65. The molecule has 0 amide bonds. The van der Waals surface area contributed by atoms with Gasteiger partial charge in [-0.1, -0.05) is 41.4 Å². The van der Waals surface area contributed by atoms with Gasteiger partial charge in [-0.3, -0.25) is 0 Å². The molecule has 4 rings (SSSR count). The number of carbonyl (C=O) groups is 1. The molecule has 6 heteroatoms. The quantitative estimate of drug-likeness (QED) is 0.436. The molecular weight excluding hydrogens is 373 g/mol. The van der Waals surface area contributed by atoms with Crippen LogP contribution in [0.2, 0.25) is 10.0 Å². The molecule has 0 saturated carbocycles. The highest BCUT2D eigenvalue weighted by atomic mass is 35.5. The Hall–Kier alpha value is -2.82. The van der Waals surface area contributed by atoms with Crippen LogP contribution in [-0.4, -0.2) is 11.9 Å². The normalized spacial score (nSPS) is 15.2. The summed E-state index contributed by atoms with van der Waals surface area (Å²) in [6.45, 7) is 0. The van der Waals surface area contributed by atoms with Crippen molar-refractivity contribution < 1.29 is 13.9 Å². The number of benzene rings is 2. The molecule has 1 aromatic heterocycles. The predicted octanol–water partition coefficient (Wildman–Crippen LogP) is 5.60. The molecule has 0 aliphatic carbocycles. The number of cyclic esters (lactones) is 1. The van der Waals surface area contributed by atoms with E-state index in [0.717, 1.165) is 5.56 Å². The van der Waals surface area contributed by atoms with Gasteiger partial charge < -0.3 is 9.15 Å². The second-order valence-electron chi connectivity index (χ2n) is 5.53. The van der Waals surface area contributed by atoms with Gasteiger partial charge in [0.15, 0.2) is 5.70 Å². The first-order valence-electron chi connectivity index (χ1n) is 7.73. The minimum Gasteiger partial charge on any atom is -0.457 e. The molecule has 0 spiro atoms. The van der Waals surface area contributed by atoms with E-state index in [4.69, 9.17) is 32.4 Å². The van der Waals surface area contributed by atoms with Crippen molar-refractivity contribution in [3.05, 3.63) is 87.7 Å². The van der Waals surface area contributed by atoms with Crippen LogP contribution < -0.4 is 0 Å². The molecular formula is C20H11Cl2NO3. The van der Waals surface area contributed by atoms with Gasteiger partial charge >= 0.3 is 5.97 Å². The van der Waals surface area contributed by atoms with Crippen LogP contribution in [-0.2, 0) is 9.53 Å². The number of rotatable bonds is 3. The number of hydrogen-bond acceptors (Lipinski definition) is 4. The summed E-state index contributed by atoms with van der Waals surface area (Å²) in [5, 5.41) is 1.07. The highest BCUT2D eigenvalue weighted by Crippen LogP contribution is 2.32. The highest BCUT2D eigenvalue weighted by Gasteiger charge is 2.24. The number of carbonyl (C=O) groups excluding carboxylic acids is 1. The van der Waals surface area contributed by atoms with Crippen molar-refractivity contribution in [3.63, 3.8) is 0 Å². The van der Waals surface area contributed by atoms with Crippen LogP contribution in [0.15, 0.2) is 75.8 Å². The van der Waals surface area contributed by atoms with Crippen molar-refractivity contribution in [3.8, 4) is 11.3 Å². The molecule has 2 aromatic carbocycles. The van der Waals surface area contributed by atoms with Crippen molar-refractivity contribution in [1.82, 2.24) is 0 Å². The van der Waals surface area contributed by atoms with Gasteiger partial charge in [0.05, 0.1) is 5.02 Å². The van der Waals surface area contributed by atoms with E-state index in [-0.39, 0.29) is 11.6 Å². The van der Waals surface area contributed by atoms with Crippen LogP contribution in [0.3, 0.4) is 0 Å². The van der Waals surface area contributed by atoms with Crippen molar-refractivity contribution in [2.24, 2.45) is 4.99 Å². The lowest BCUT2D eigenvalue weighted by atomic mass is 10.2. The van der Waals surface area contributed by atoms with Crippen LogP contribution in [0.5, 0.6) is 0 Å². The van der Waals surface area contributed by atoms with Gasteiger partial charge in [0, 0.05) is 22.2 Å². The first-order valence-corrected chi connectivity index (χ1v) is 8.49. The van der Waals surface area contributed by atoms with Crippen LogP contribution in [0, 0.1) is 0 Å². The van der Waals surface area contributed by atoms with E-state index in [9.17, 15) is 4.79 Å². The molecule has 26 heavy (non-hydrogen) atoms. The first kappa shape index (κ1) is 16.6. The zero-order valence-corrected chi connectivity index (χ0v) is 14.8. The standard InChI is InChI=1S/C20H11Cl2NO3/c21-13-6-8-16(22)15(10-13)18-9-7-14(25-18)11-17-20(24)26-19(23-17)12-4-2-1-3-5-12/h1-11H/b17-11-. The van der Waals surface area contributed by atoms with Crippen LogP contribution in [0.1, 0.15) is 11.3 Å². The molecule has 0 bridgehead atoms. The maximum absolute atomic E-state index is 12.1. The SMILES string of the molecule is O=C1OC(c2ccccc2)=N/C1=C\c1ccc(-c2cc(Cl)ccc2Cl)o1. The monoisotopic (exact) mass is 383 g/mol. The first-order chi connectivity index (χ1) is 12.6. The molecule has 3 aromatic rings. The average Bonchev–Trinajstić information content (AvgIpc) is 3.25. The van der Waals surface area contributed by atoms with E-state index in [1.165, 1.54) is 6.08 Å². The summed E-state index contributed by atoms with van der Waals surface area (Å²) < 4.78 is 11.0. The Bertz CT molecular complexity index is 1050. The van der Waals surface area contributed by atoms with Gasteiger partial charge in [-0.2, -0.15) is 0 Å². The fourth-order valence-corrected chi connectivity index (χ4v) is 2.89. The topological polar surface area (TPSA) is 51.8 Å². The second kappa shape index (κ2) is 6.83. The van der Waals surface area contributed by atoms with Crippen molar-refractivity contribution in [2.75, 3.05) is 0 Å². The molecule has 0 N–H and O–H groups in total. The summed E-state index contributed by atoms with van der Waals surface area (Å²) in [4.78, 5) is 16.3. The number of hydrogen-bond donors (Lipinski definition) is 0. The fraction of sp³-hybridized carbons (Fsp3) is 0. The minimum atomic E-state index is -0.525. The Morgan fingerprint density at radius 1 is 0.962 bits per heavy atom. The van der Waals surface area contributed by atoms with Gasteiger partial charge in [0.25, 0.3) is 0 Å². The molecule has 128 valence electrons. The number of aliphatic imine (C=N–C) groups is 1. The summed E-state index contributed by atoms with van der Waals surface area (Å²) >= 11 is 12.2. The van der Waals surface area contributed by atoms with E-state index in [2.05, 4.69) is 4.99 Å². The zero-order valence-electron chi connectivity index (χ0n) is 13.3. The van der Waals surface area contributed by atoms with Crippen LogP contribution in [0.4, 0.5) is 0 Å². The molecule has 1 aliphatic heterocycles. The minimum absolute atomic E-state index is 0.168. The lowest BCUT2D eigenvalue weighted by Gasteiger charge is -2.01. The smallest absolute Gasteiger partial charge is 0.363 e. The number of furan rings is 1. The van der Waals surface area contributed by atoms with Gasteiger partial charge in [-0.05, 0) is 42.5 Å². The van der Waals surface area contributed by atoms with Crippen LogP contribution >= 0.6 is 23.2 Å². The van der Waals surface area contributed by atoms with Crippen molar-refractivity contribution in [1.29, 1.82) is 0 Å². The Morgan fingerprint density at radius 3 is 2.58 bits per heavy atom. The number of ether oxygens (including phenoxy) is 1. The Labute approximate surface area is 159 Å². The molecule has 0 atom stereocenters. The van der Waals surface area contributed by atoms with E-state index in [0.29, 0.717) is 27.1 Å². The van der Waals surface area contributed by atoms with Gasteiger partial charge in [-0.15, -0.1) is 0 Å². The maximum Gasteiger partial charge on any atom is 0.363 e. The molecule has 0 unspecified atom stereocenters. The third-order valence-corrected chi connectivity index (χ3v) is 4.31. The molecule has 2 heterocycles. The molecule has 0 saturated heterocycles. The molecule has 0 fully saturated rings. The van der Waals surface area contributed by atoms with E-state index >= 15 is 0 Å².